The first-order valence-electron chi connectivity index (χ1n) is 5.30. The van der Waals surface area contributed by atoms with Gasteiger partial charge in [-0.1, -0.05) is 12.2 Å². The molecule has 14 heavy (non-hydrogen) atoms. The van der Waals surface area contributed by atoms with Gasteiger partial charge in [0.1, 0.15) is 0 Å². The normalized spacial score (nSPS) is 22.3. The molecule has 1 rings (SSSR count). The van der Waals surface area contributed by atoms with Crippen molar-refractivity contribution in [1.29, 1.82) is 0 Å². The molecule has 0 aliphatic heterocycles. The number of rotatable bonds is 5. The molecule has 1 aliphatic carbocycles. The summed E-state index contributed by atoms with van der Waals surface area (Å²) in [7, 11) is 0. The molecule has 0 aromatic heterocycles. The molecule has 1 amide bonds. The summed E-state index contributed by atoms with van der Waals surface area (Å²) in [5.74, 6) is 0.531. The van der Waals surface area contributed by atoms with E-state index < -0.39 is 0 Å². The van der Waals surface area contributed by atoms with Crippen LogP contribution >= 0.6 is 0 Å². The van der Waals surface area contributed by atoms with Crippen LogP contribution in [0.2, 0.25) is 0 Å². The molecule has 2 atom stereocenters. The summed E-state index contributed by atoms with van der Waals surface area (Å²) in [5, 5.41) is 11.8. The van der Waals surface area contributed by atoms with Crippen molar-refractivity contribution in [2.75, 3.05) is 6.54 Å². The number of aliphatic hydroxyl groups excluding tert-OH is 1. The van der Waals surface area contributed by atoms with E-state index in [1.54, 1.807) is 6.92 Å². The molecule has 0 saturated carbocycles. The highest BCUT2D eigenvalue weighted by atomic mass is 16.3. The van der Waals surface area contributed by atoms with Crippen LogP contribution < -0.4 is 5.32 Å². The number of allylic oxidation sites excluding steroid dienone is 2. The van der Waals surface area contributed by atoms with Gasteiger partial charge in [-0.15, -0.1) is 0 Å². The molecule has 80 valence electrons. The molecule has 3 heteroatoms. The predicted molar refractivity (Wildman–Crippen MR) is 55.8 cm³/mol. The van der Waals surface area contributed by atoms with Crippen LogP contribution in [0.5, 0.6) is 0 Å². The number of carbonyl (C=O) groups is 1. The molecule has 0 radical (unpaired) electrons. The second-order valence-corrected chi connectivity index (χ2v) is 3.96. The van der Waals surface area contributed by atoms with Gasteiger partial charge in [-0.2, -0.15) is 0 Å². The van der Waals surface area contributed by atoms with Crippen LogP contribution in [0, 0.1) is 5.92 Å². The third-order valence-corrected chi connectivity index (χ3v) is 2.44. The Morgan fingerprint density at radius 2 is 2.50 bits per heavy atom. The van der Waals surface area contributed by atoms with Crippen LogP contribution in [0.4, 0.5) is 0 Å². The third-order valence-electron chi connectivity index (χ3n) is 2.44. The lowest BCUT2D eigenvalue weighted by Crippen LogP contribution is -2.27. The van der Waals surface area contributed by atoms with Gasteiger partial charge in [0.2, 0.25) is 5.91 Å². The van der Waals surface area contributed by atoms with Crippen LogP contribution in [0.1, 0.15) is 32.6 Å². The average molecular weight is 197 g/mol. The van der Waals surface area contributed by atoms with Gasteiger partial charge in [0.15, 0.2) is 0 Å². The molecule has 1 aliphatic rings. The maximum atomic E-state index is 11.4. The largest absolute Gasteiger partial charge is 0.393 e. The first-order valence-corrected chi connectivity index (χ1v) is 5.30. The van der Waals surface area contributed by atoms with Gasteiger partial charge in [-0.3, -0.25) is 4.79 Å². The van der Waals surface area contributed by atoms with Crippen molar-refractivity contribution in [3.05, 3.63) is 12.2 Å². The van der Waals surface area contributed by atoms with Gasteiger partial charge in [0.25, 0.3) is 0 Å². The first kappa shape index (κ1) is 11.2. The van der Waals surface area contributed by atoms with E-state index in [4.69, 9.17) is 5.11 Å². The Bertz CT molecular complexity index is 211. The number of amides is 1. The van der Waals surface area contributed by atoms with E-state index in [9.17, 15) is 4.79 Å². The highest BCUT2D eigenvalue weighted by molar-refractivity contribution is 5.76. The molecule has 0 heterocycles. The lowest BCUT2D eigenvalue weighted by molar-refractivity contribution is -0.121. The van der Waals surface area contributed by atoms with E-state index in [1.807, 2.05) is 0 Å². The standard InChI is InChI=1S/C11H19NO2/c1-9(13)6-7-12-11(14)8-10-4-2-3-5-10/h2,4,9-10,13H,3,5-8H2,1H3,(H,12,14). The maximum absolute atomic E-state index is 11.4. The first-order chi connectivity index (χ1) is 6.68. The van der Waals surface area contributed by atoms with Crippen molar-refractivity contribution in [2.24, 2.45) is 5.92 Å². The van der Waals surface area contributed by atoms with Gasteiger partial charge < -0.3 is 10.4 Å². The van der Waals surface area contributed by atoms with Crippen LogP contribution in [-0.2, 0) is 4.79 Å². The summed E-state index contributed by atoms with van der Waals surface area (Å²) in [6, 6.07) is 0. The topological polar surface area (TPSA) is 49.3 Å². The Kier molecular flexibility index (Phi) is 4.66. The van der Waals surface area contributed by atoms with Crippen LogP contribution in [-0.4, -0.2) is 23.7 Å². The molecule has 3 nitrogen and oxygen atoms in total. The quantitative estimate of drug-likeness (QED) is 0.651. The SMILES string of the molecule is CC(O)CCNC(=O)CC1C=CCC1. The predicted octanol–water partition coefficient (Wildman–Crippen LogP) is 1.23. The minimum atomic E-state index is -0.332. The molecule has 0 aromatic carbocycles. The Morgan fingerprint density at radius 3 is 3.07 bits per heavy atom. The summed E-state index contributed by atoms with van der Waals surface area (Å²) in [5.41, 5.74) is 0. The number of hydrogen-bond donors (Lipinski definition) is 2. The van der Waals surface area contributed by atoms with E-state index in [2.05, 4.69) is 17.5 Å². The molecule has 0 saturated heterocycles. The summed E-state index contributed by atoms with van der Waals surface area (Å²) in [6.07, 6.45) is 7.35. The summed E-state index contributed by atoms with van der Waals surface area (Å²) in [6.45, 7) is 2.30. The zero-order valence-electron chi connectivity index (χ0n) is 8.70. The zero-order chi connectivity index (χ0) is 10.4. The molecule has 0 aromatic rings. The second kappa shape index (κ2) is 5.81. The minimum Gasteiger partial charge on any atom is -0.393 e. The van der Waals surface area contributed by atoms with E-state index in [0.717, 1.165) is 12.8 Å². The third kappa shape index (κ3) is 4.42. The van der Waals surface area contributed by atoms with E-state index in [1.165, 1.54) is 0 Å². The van der Waals surface area contributed by atoms with Gasteiger partial charge >= 0.3 is 0 Å². The molecule has 0 spiro atoms. The number of aliphatic hydroxyl groups is 1. The van der Waals surface area contributed by atoms with Crippen molar-refractivity contribution < 1.29 is 9.90 Å². The van der Waals surface area contributed by atoms with Gasteiger partial charge in [0.05, 0.1) is 6.10 Å². The number of nitrogens with one attached hydrogen (secondary N) is 1. The minimum absolute atomic E-state index is 0.0993. The molecule has 2 unspecified atom stereocenters. The summed E-state index contributed by atoms with van der Waals surface area (Å²) in [4.78, 5) is 11.4. The van der Waals surface area contributed by atoms with E-state index >= 15 is 0 Å². The Balaban J connectivity index is 2.06. The highest BCUT2D eigenvalue weighted by Gasteiger charge is 2.13. The van der Waals surface area contributed by atoms with Gasteiger partial charge in [-0.25, -0.2) is 0 Å². The fourth-order valence-electron chi connectivity index (χ4n) is 1.60. The lowest BCUT2D eigenvalue weighted by atomic mass is 10.1. The lowest BCUT2D eigenvalue weighted by Gasteiger charge is -2.09. The maximum Gasteiger partial charge on any atom is 0.220 e. The second-order valence-electron chi connectivity index (χ2n) is 3.96. The Morgan fingerprint density at radius 1 is 1.71 bits per heavy atom. The van der Waals surface area contributed by atoms with Gasteiger partial charge in [-0.05, 0) is 32.1 Å². The fraction of sp³-hybridized carbons (Fsp3) is 0.727. The molecule has 2 N–H and O–H groups in total. The van der Waals surface area contributed by atoms with E-state index in [0.29, 0.717) is 25.3 Å². The number of hydrogen-bond acceptors (Lipinski definition) is 2. The van der Waals surface area contributed by atoms with Gasteiger partial charge in [0, 0.05) is 13.0 Å². The summed E-state index contributed by atoms with van der Waals surface area (Å²) < 4.78 is 0. The Labute approximate surface area is 85.2 Å². The highest BCUT2D eigenvalue weighted by Crippen LogP contribution is 2.19. The smallest absolute Gasteiger partial charge is 0.220 e. The van der Waals surface area contributed by atoms with Crippen molar-refractivity contribution in [2.45, 2.75) is 38.7 Å². The molecule has 0 bridgehead atoms. The molecule has 0 fully saturated rings. The van der Waals surface area contributed by atoms with Crippen molar-refractivity contribution in [3.63, 3.8) is 0 Å². The number of carbonyl (C=O) groups excluding carboxylic acids is 1. The zero-order valence-corrected chi connectivity index (χ0v) is 8.70. The van der Waals surface area contributed by atoms with E-state index in [-0.39, 0.29) is 12.0 Å². The average Bonchev–Trinajstić information content (AvgIpc) is 2.56. The van der Waals surface area contributed by atoms with Crippen molar-refractivity contribution in [3.8, 4) is 0 Å². The van der Waals surface area contributed by atoms with Crippen LogP contribution in [0.15, 0.2) is 12.2 Å². The Hall–Kier alpha value is -0.830. The summed E-state index contributed by atoms with van der Waals surface area (Å²) >= 11 is 0. The molecular weight excluding hydrogens is 178 g/mol. The van der Waals surface area contributed by atoms with Crippen molar-refractivity contribution >= 4 is 5.91 Å². The monoisotopic (exact) mass is 197 g/mol. The fourth-order valence-corrected chi connectivity index (χ4v) is 1.60. The van der Waals surface area contributed by atoms with Crippen LogP contribution in [0.25, 0.3) is 0 Å². The van der Waals surface area contributed by atoms with Crippen molar-refractivity contribution in [1.82, 2.24) is 5.32 Å². The van der Waals surface area contributed by atoms with Crippen LogP contribution in [0.3, 0.4) is 0 Å². The molecular formula is C11H19NO2.